The maximum absolute atomic E-state index is 12.0. The van der Waals surface area contributed by atoms with Crippen molar-refractivity contribution in [2.24, 2.45) is 5.73 Å². The summed E-state index contributed by atoms with van der Waals surface area (Å²) in [5.41, 5.74) is 8.68. The third kappa shape index (κ3) is 3.25. The number of hydrogen-bond donors (Lipinski definition) is 2. The van der Waals surface area contributed by atoms with Crippen molar-refractivity contribution in [3.05, 3.63) is 49.1 Å². The highest BCUT2D eigenvalue weighted by Gasteiger charge is 2.28. The first kappa shape index (κ1) is 17.9. The first-order chi connectivity index (χ1) is 12.4. The Labute approximate surface area is 152 Å². The predicted molar refractivity (Wildman–Crippen MR) is 99.2 cm³/mol. The number of hydrogen-bond acceptors (Lipinski definition) is 4. The zero-order chi connectivity index (χ0) is 18.8. The smallest absolute Gasteiger partial charge is 0.243 e. The molecule has 3 rings (SSSR count). The lowest BCUT2D eigenvalue weighted by Crippen LogP contribution is -2.34. The molecular weight excluding hydrogens is 330 g/mol. The van der Waals surface area contributed by atoms with Crippen LogP contribution in [0.4, 0.5) is 0 Å². The van der Waals surface area contributed by atoms with Gasteiger partial charge >= 0.3 is 0 Å². The van der Waals surface area contributed by atoms with Gasteiger partial charge < -0.3 is 15.4 Å². The van der Waals surface area contributed by atoms with Gasteiger partial charge in [-0.15, -0.1) is 0 Å². The van der Waals surface area contributed by atoms with Crippen molar-refractivity contribution in [2.45, 2.75) is 39.0 Å². The molecule has 1 amide bonds. The van der Waals surface area contributed by atoms with Gasteiger partial charge in [-0.25, -0.2) is 4.98 Å². The minimum atomic E-state index is -0.954. The van der Waals surface area contributed by atoms with Gasteiger partial charge in [0, 0.05) is 23.4 Å². The average Bonchev–Trinajstić information content (AvgIpc) is 3.22. The second-order valence-corrected chi connectivity index (χ2v) is 6.61. The van der Waals surface area contributed by atoms with Gasteiger partial charge in [0.15, 0.2) is 0 Å². The molecule has 1 aromatic carbocycles. The largest absolute Gasteiger partial charge is 0.391 e. The van der Waals surface area contributed by atoms with Gasteiger partial charge in [-0.2, -0.15) is 5.10 Å². The molecule has 0 fully saturated rings. The molecule has 3 aromatic rings. The summed E-state index contributed by atoms with van der Waals surface area (Å²) in [6.07, 6.45) is 4.24. The molecule has 2 heterocycles. The maximum Gasteiger partial charge on any atom is 0.243 e. The van der Waals surface area contributed by atoms with E-state index in [1.54, 1.807) is 24.0 Å². The van der Waals surface area contributed by atoms with Crippen molar-refractivity contribution in [1.82, 2.24) is 19.3 Å². The Morgan fingerprint density at radius 1 is 1.15 bits per heavy atom. The highest BCUT2D eigenvalue weighted by molar-refractivity contribution is 5.83. The second kappa shape index (κ2) is 7.13. The summed E-state index contributed by atoms with van der Waals surface area (Å²) in [6, 6.07) is 8.96. The Hall–Kier alpha value is -2.93. The molecule has 0 bridgehead atoms. The summed E-state index contributed by atoms with van der Waals surface area (Å²) in [7, 11) is 0. The Morgan fingerprint density at radius 3 is 2.38 bits per heavy atom. The SMILES string of the molecule is CC(C)n1cc(-c2c(-c3ccccc3)ncn2[C@H](C(N)=O)[C@@H](C)O)cn1. The fourth-order valence-corrected chi connectivity index (χ4v) is 3.02. The Kier molecular flexibility index (Phi) is 4.90. The number of carbonyl (C=O) groups is 1. The number of primary amides is 1. The van der Waals surface area contributed by atoms with Gasteiger partial charge in [0.05, 0.1) is 30.0 Å². The Balaban J connectivity index is 2.23. The van der Waals surface area contributed by atoms with E-state index < -0.39 is 18.1 Å². The molecule has 7 nitrogen and oxygen atoms in total. The molecule has 0 aliphatic rings. The van der Waals surface area contributed by atoms with E-state index >= 15 is 0 Å². The number of nitrogens with two attached hydrogens (primary N) is 1. The fourth-order valence-electron chi connectivity index (χ4n) is 3.02. The molecule has 0 aliphatic carbocycles. The molecular formula is C19H23N5O2. The summed E-state index contributed by atoms with van der Waals surface area (Å²) < 4.78 is 3.47. The monoisotopic (exact) mass is 353 g/mol. The van der Waals surface area contributed by atoms with E-state index in [1.165, 1.54) is 0 Å². The van der Waals surface area contributed by atoms with Crippen LogP contribution in [0.3, 0.4) is 0 Å². The summed E-state index contributed by atoms with van der Waals surface area (Å²) in [5.74, 6) is -0.616. The average molecular weight is 353 g/mol. The molecule has 0 aliphatic heterocycles. The van der Waals surface area contributed by atoms with Crippen LogP contribution in [-0.4, -0.2) is 36.4 Å². The molecule has 136 valence electrons. The van der Waals surface area contributed by atoms with Crippen LogP contribution in [0.1, 0.15) is 32.9 Å². The number of aliphatic hydroxyl groups excluding tert-OH is 1. The van der Waals surface area contributed by atoms with E-state index in [2.05, 4.69) is 10.1 Å². The van der Waals surface area contributed by atoms with E-state index in [9.17, 15) is 9.90 Å². The van der Waals surface area contributed by atoms with Crippen LogP contribution in [-0.2, 0) is 4.79 Å². The molecule has 0 radical (unpaired) electrons. The summed E-state index contributed by atoms with van der Waals surface area (Å²) >= 11 is 0. The molecule has 2 atom stereocenters. The highest BCUT2D eigenvalue weighted by atomic mass is 16.3. The van der Waals surface area contributed by atoms with Crippen molar-refractivity contribution < 1.29 is 9.90 Å². The first-order valence-corrected chi connectivity index (χ1v) is 8.54. The minimum absolute atomic E-state index is 0.198. The zero-order valence-corrected chi connectivity index (χ0v) is 15.1. The third-order valence-corrected chi connectivity index (χ3v) is 4.29. The Morgan fingerprint density at radius 2 is 1.85 bits per heavy atom. The van der Waals surface area contributed by atoms with Gasteiger partial charge in [-0.1, -0.05) is 30.3 Å². The van der Waals surface area contributed by atoms with Gasteiger partial charge in [-0.3, -0.25) is 9.48 Å². The lowest BCUT2D eigenvalue weighted by atomic mass is 10.1. The van der Waals surface area contributed by atoms with Gasteiger partial charge in [0.25, 0.3) is 0 Å². The molecule has 0 unspecified atom stereocenters. The predicted octanol–water partition coefficient (Wildman–Crippen LogP) is 2.40. The molecule has 26 heavy (non-hydrogen) atoms. The highest BCUT2D eigenvalue weighted by Crippen LogP contribution is 2.34. The summed E-state index contributed by atoms with van der Waals surface area (Å²) in [6.45, 7) is 5.61. The number of aromatic nitrogens is 4. The number of amides is 1. The van der Waals surface area contributed by atoms with Crippen LogP contribution in [0.15, 0.2) is 49.1 Å². The van der Waals surface area contributed by atoms with E-state index in [4.69, 9.17) is 5.73 Å². The Bertz CT molecular complexity index is 896. The fraction of sp³-hybridized carbons (Fsp3) is 0.316. The van der Waals surface area contributed by atoms with E-state index in [0.717, 1.165) is 11.1 Å². The second-order valence-electron chi connectivity index (χ2n) is 6.61. The molecule has 2 aromatic heterocycles. The minimum Gasteiger partial charge on any atom is -0.391 e. The van der Waals surface area contributed by atoms with Crippen LogP contribution in [0.25, 0.3) is 22.5 Å². The normalized spacial score (nSPS) is 13.7. The van der Waals surface area contributed by atoms with Crippen molar-refractivity contribution in [1.29, 1.82) is 0 Å². The number of aliphatic hydroxyl groups is 1. The topological polar surface area (TPSA) is 99.0 Å². The van der Waals surface area contributed by atoms with Crippen LogP contribution < -0.4 is 5.73 Å². The van der Waals surface area contributed by atoms with Gasteiger partial charge in [0.2, 0.25) is 5.91 Å². The zero-order valence-electron chi connectivity index (χ0n) is 15.1. The molecule has 0 saturated heterocycles. The number of nitrogens with zero attached hydrogens (tertiary/aromatic N) is 4. The van der Waals surface area contributed by atoms with Crippen molar-refractivity contribution in [2.75, 3.05) is 0 Å². The lowest BCUT2D eigenvalue weighted by Gasteiger charge is -2.20. The first-order valence-electron chi connectivity index (χ1n) is 8.54. The quantitative estimate of drug-likeness (QED) is 0.711. The third-order valence-electron chi connectivity index (χ3n) is 4.29. The number of imidazole rings is 1. The molecule has 3 N–H and O–H groups in total. The van der Waals surface area contributed by atoms with E-state index in [0.29, 0.717) is 11.4 Å². The molecule has 0 saturated carbocycles. The summed E-state index contributed by atoms with van der Waals surface area (Å²) in [5, 5.41) is 14.5. The molecule has 7 heteroatoms. The van der Waals surface area contributed by atoms with E-state index in [1.807, 2.05) is 55.1 Å². The van der Waals surface area contributed by atoms with Crippen LogP contribution in [0.2, 0.25) is 0 Å². The van der Waals surface area contributed by atoms with Crippen molar-refractivity contribution >= 4 is 5.91 Å². The van der Waals surface area contributed by atoms with Gasteiger partial charge in [-0.05, 0) is 20.8 Å². The number of benzene rings is 1. The van der Waals surface area contributed by atoms with Crippen LogP contribution in [0, 0.1) is 0 Å². The number of carbonyl (C=O) groups excluding carboxylic acids is 1. The lowest BCUT2D eigenvalue weighted by molar-refractivity contribution is -0.123. The van der Waals surface area contributed by atoms with Crippen molar-refractivity contribution in [3.8, 4) is 22.5 Å². The van der Waals surface area contributed by atoms with E-state index in [-0.39, 0.29) is 6.04 Å². The molecule has 0 spiro atoms. The standard InChI is InChI=1S/C19H23N5O2/c1-12(2)24-10-15(9-22-24)18-16(14-7-5-4-6-8-14)21-11-23(18)17(13(3)25)19(20)26/h4-13,17,25H,1-3H3,(H2,20,26)/t13-,17+/m1/s1. The number of rotatable bonds is 6. The summed E-state index contributed by atoms with van der Waals surface area (Å²) in [4.78, 5) is 16.5. The maximum atomic E-state index is 12.0. The van der Waals surface area contributed by atoms with Crippen LogP contribution in [0.5, 0.6) is 0 Å². The van der Waals surface area contributed by atoms with Crippen molar-refractivity contribution in [3.63, 3.8) is 0 Å². The van der Waals surface area contributed by atoms with Crippen LogP contribution >= 0.6 is 0 Å². The van der Waals surface area contributed by atoms with Gasteiger partial charge in [0.1, 0.15) is 6.04 Å².